The molecule has 1 aromatic rings. The molecule has 0 N–H and O–H groups in total. The highest BCUT2D eigenvalue weighted by molar-refractivity contribution is 5.88. The fourth-order valence-corrected chi connectivity index (χ4v) is 2.08. The van der Waals surface area contributed by atoms with Crippen molar-refractivity contribution in [3.63, 3.8) is 0 Å². The summed E-state index contributed by atoms with van der Waals surface area (Å²) in [7, 11) is 0. The Morgan fingerprint density at radius 1 is 1.37 bits per heavy atom. The lowest BCUT2D eigenvalue weighted by atomic mass is 9.99. The molecule has 0 spiro atoms. The molecule has 0 fully saturated rings. The SMILES string of the molecule is CCCCC(CC)Cn1nnc(C(=O)OCC)c1C. The number of unbranched alkanes of at least 4 members (excludes halogenated alkanes) is 1. The van der Waals surface area contributed by atoms with Gasteiger partial charge in [-0.3, -0.25) is 0 Å². The summed E-state index contributed by atoms with van der Waals surface area (Å²) in [4.78, 5) is 11.7. The molecule has 0 aliphatic rings. The molecule has 1 unspecified atom stereocenters. The van der Waals surface area contributed by atoms with Crippen LogP contribution in [0, 0.1) is 12.8 Å². The van der Waals surface area contributed by atoms with E-state index < -0.39 is 0 Å². The maximum Gasteiger partial charge on any atom is 0.360 e. The summed E-state index contributed by atoms with van der Waals surface area (Å²) < 4.78 is 6.79. The zero-order valence-corrected chi connectivity index (χ0v) is 12.5. The van der Waals surface area contributed by atoms with Crippen molar-refractivity contribution >= 4 is 5.97 Å². The quantitative estimate of drug-likeness (QED) is 0.679. The number of ether oxygens (including phenoxy) is 1. The van der Waals surface area contributed by atoms with Crippen molar-refractivity contribution in [3.05, 3.63) is 11.4 Å². The summed E-state index contributed by atoms with van der Waals surface area (Å²) in [6.07, 6.45) is 4.76. The third-order valence-electron chi connectivity index (χ3n) is 3.43. The lowest BCUT2D eigenvalue weighted by Gasteiger charge is -2.14. The van der Waals surface area contributed by atoms with Crippen LogP contribution in [0.1, 0.15) is 62.6 Å². The number of hydrogen-bond acceptors (Lipinski definition) is 4. The first-order chi connectivity index (χ1) is 9.13. The second kappa shape index (κ2) is 7.92. The van der Waals surface area contributed by atoms with Gasteiger partial charge in [0.2, 0.25) is 0 Å². The number of hydrogen-bond donors (Lipinski definition) is 0. The molecule has 1 aromatic heterocycles. The first-order valence-electron chi connectivity index (χ1n) is 7.21. The number of rotatable bonds is 8. The second-order valence-corrected chi connectivity index (χ2v) is 4.84. The van der Waals surface area contributed by atoms with Gasteiger partial charge < -0.3 is 4.74 Å². The van der Waals surface area contributed by atoms with Crippen LogP contribution >= 0.6 is 0 Å². The third kappa shape index (κ3) is 4.33. The molecule has 5 heteroatoms. The Morgan fingerprint density at radius 3 is 2.68 bits per heavy atom. The van der Waals surface area contributed by atoms with Crippen molar-refractivity contribution in [2.24, 2.45) is 5.92 Å². The smallest absolute Gasteiger partial charge is 0.360 e. The van der Waals surface area contributed by atoms with Crippen molar-refractivity contribution in [1.29, 1.82) is 0 Å². The lowest BCUT2D eigenvalue weighted by molar-refractivity contribution is 0.0518. The Kier molecular flexibility index (Phi) is 6.53. The average molecular weight is 267 g/mol. The van der Waals surface area contributed by atoms with E-state index in [1.54, 1.807) is 6.92 Å². The largest absolute Gasteiger partial charge is 0.461 e. The molecule has 0 aliphatic carbocycles. The number of aromatic nitrogens is 3. The Balaban J connectivity index is 2.71. The minimum atomic E-state index is -0.382. The van der Waals surface area contributed by atoms with Gasteiger partial charge in [-0.25, -0.2) is 9.48 Å². The summed E-state index contributed by atoms with van der Waals surface area (Å²) in [6.45, 7) is 9.24. The van der Waals surface area contributed by atoms with E-state index in [2.05, 4.69) is 24.2 Å². The highest BCUT2D eigenvalue weighted by Gasteiger charge is 2.18. The summed E-state index contributed by atoms with van der Waals surface area (Å²) in [5.41, 5.74) is 1.14. The zero-order chi connectivity index (χ0) is 14.3. The summed E-state index contributed by atoms with van der Waals surface area (Å²) >= 11 is 0. The number of nitrogens with zero attached hydrogens (tertiary/aromatic N) is 3. The molecule has 0 saturated carbocycles. The van der Waals surface area contributed by atoms with Crippen LogP contribution in [0.25, 0.3) is 0 Å². The molecule has 1 atom stereocenters. The average Bonchev–Trinajstić information content (AvgIpc) is 2.76. The Morgan fingerprint density at radius 2 is 2.11 bits per heavy atom. The molecular weight excluding hydrogens is 242 g/mol. The van der Waals surface area contributed by atoms with Gasteiger partial charge >= 0.3 is 5.97 Å². The molecule has 0 bridgehead atoms. The molecule has 1 heterocycles. The van der Waals surface area contributed by atoms with Gasteiger partial charge in [0.25, 0.3) is 0 Å². The van der Waals surface area contributed by atoms with E-state index in [-0.39, 0.29) is 5.97 Å². The molecule has 0 aliphatic heterocycles. The highest BCUT2D eigenvalue weighted by Crippen LogP contribution is 2.16. The fraction of sp³-hybridized carbons (Fsp3) is 0.786. The van der Waals surface area contributed by atoms with Crippen LogP contribution < -0.4 is 0 Å². The summed E-state index contributed by atoms with van der Waals surface area (Å²) in [6, 6.07) is 0. The van der Waals surface area contributed by atoms with Crippen LogP contribution in [0.2, 0.25) is 0 Å². The first kappa shape index (κ1) is 15.7. The standard InChI is InChI=1S/C14H25N3O2/c1-5-8-9-12(6-2)10-17-11(4)13(15-16-17)14(18)19-7-3/h12H,5-10H2,1-4H3. The minimum Gasteiger partial charge on any atom is -0.461 e. The van der Waals surface area contributed by atoms with E-state index in [9.17, 15) is 4.79 Å². The fourth-order valence-electron chi connectivity index (χ4n) is 2.08. The van der Waals surface area contributed by atoms with Gasteiger partial charge in [-0.15, -0.1) is 5.10 Å². The van der Waals surface area contributed by atoms with Gasteiger partial charge in [0.15, 0.2) is 5.69 Å². The first-order valence-corrected chi connectivity index (χ1v) is 7.21. The van der Waals surface area contributed by atoms with Gasteiger partial charge in [0.05, 0.1) is 12.3 Å². The van der Waals surface area contributed by atoms with Crippen LogP contribution in [-0.2, 0) is 11.3 Å². The molecule has 1 rings (SSSR count). The molecule has 0 amide bonds. The lowest BCUT2D eigenvalue weighted by Crippen LogP contribution is -2.14. The summed E-state index contributed by atoms with van der Waals surface area (Å²) in [5, 5.41) is 8.02. The predicted molar refractivity (Wildman–Crippen MR) is 74.0 cm³/mol. The van der Waals surface area contributed by atoms with Crippen molar-refractivity contribution in [2.75, 3.05) is 6.61 Å². The molecule has 19 heavy (non-hydrogen) atoms. The highest BCUT2D eigenvalue weighted by atomic mass is 16.5. The molecule has 0 saturated heterocycles. The number of carbonyl (C=O) groups excluding carboxylic acids is 1. The minimum absolute atomic E-state index is 0.340. The number of esters is 1. The zero-order valence-electron chi connectivity index (χ0n) is 12.5. The molecule has 0 aromatic carbocycles. The third-order valence-corrected chi connectivity index (χ3v) is 3.43. The number of carbonyl (C=O) groups is 1. The Hall–Kier alpha value is -1.39. The van der Waals surface area contributed by atoms with Crippen LogP contribution in [0.3, 0.4) is 0 Å². The normalized spacial score (nSPS) is 12.4. The van der Waals surface area contributed by atoms with E-state index in [1.807, 2.05) is 11.6 Å². The van der Waals surface area contributed by atoms with E-state index in [1.165, 1.54) is 19.3 Å². The maximum absolute atomic E-state index is 11.7. The van der Waals surface area contributed by atoms with Gasteiger partial charge in [-0.05, 0) is 26.2 Å². The van der Waals surface area contributed by atoms with E-state index in [0.717, 1.165) is 18.7 Å². The predicted octanol–water partition coefficient (Wildman–Crippen LogP) is 2.98. The van der Waals surface area contributed by atoms with Crippen LogP contribution in [-0.4, -0.2) is 27.6 Å². The van der Waals surface area contributed by atoms with Gasteiger partial charge in [-0.1, -0.05) is 38.3 Å². The van der Waals surface area contributed by atoms with Gasteiger partial charge in [0.1, 0.15) is 0 Å². The van der Waals surface area contributed by atoms with Crippen molar-refractivity contribution in [2.45, 2.75) is 59.9 Å². The Bertz CT molecular complexity index is 401. The summed E-state index contributed by atoms with van der Waals surface area (Å²) in [5.74, 6) is 0.211. The van der Waals surface area contributed by atoms with E-state index >= 15 is 0 Å². The molecule has 5 nitrogen and oxygen atoms in total. The van der Waals surface area contributed by atoms with Gasteiger partial charge in [-0.2, -0.15) is 0 Å². The monoisotopic (exact) mass is 267 g/mol. The second-order valence-electron chi connectivity index (χ2n) is 4.84. The van der Waals surface area contributed by atoms with Crippen LogP contribution in [0.4, 0.5) is 0 Å². The van der Waals surface area contributed by atoms with Crippen molar-refractivity contribution < 1.29 is 9.53 Å². The molecule has 0 radical (unpaired) electrons. The molecular formula is C14H25N3O2. The van der Waals surface area contributed by atoms with E-state index in [0.29, 0.717) is 18.2 Å². The topological polar surface area (TPSA) is 57.0 Å². The maximum atomic E-state index is 11.7. The van der Waals surface area contributed by atoms with Crippen molar-refractivity contribution in [1.82, 2.24) is 15.0 Å². The Labute approximate surface area is 115 Å². The molecule has 108 valence electrons. The van der Waals surface area contributed by atoms with Crippen LogP contribution in [0.5, 0.6) is 0 Å². The van der Waals surface area contributed by atoms with E-state index in [4.69, 9.17) is 4.74 Å². The van der Waals surface area contributed by atoms with Crippen LogP contribution in [0.15, 0.2) is 0 Å². The van der Waals surface area contributed by atoms with Gasteiger partial charge in [0, 0.05) is 6.54 Å². The van der Waals surface area contributed by atoms with Crippen molar-refractivity contribution in [3.8, 4) is 0 Å².